The monoisotopic (exact) mass is 581 g/mol. The van der Waals surface area contributed by atoms with E-state index in [9.17, 15) is 27.6 Å². The molecule has 2 amide bonds. The van der Waals surface area contributed by atoms with Crippen LogP contribution < -0.4 is 10.1 Å². The summed E-state index contributed by atoms with van der Waals surface area (Å²) in [6.07, 6.45) is 0. The SMILES string of the molecule is CCOC(=O)c1sc(NC(=O)CS(=O)(=O)CC(=O)N=c2sc3cc(C)ccc3n2C)c(C(=O)OCC)c1C. The number of carbonyl (C=O) groups is 4. The minimum absolute atomic E-state index is 0.0483. The molecule has 1 aromatic carbocycles. The molecule has 2 aromatic heterocycles. The van der Waals surface area contributed by atoms with Crippen LogP contribution in [-0.2, 0) is 35.9 Å². The number of carbonyl (C=O) groups excluding carboxylic acids is 4. The Morgan fingerprint density at radius 3 is 2.32 bits per heavy atom. The number of hydrogen-bond donors (Lipinski definition) is 1. The van der Waals surface area contributed by atoms with Crippen molar-refractivity contribution in [2.75, 3.05) is 30.0 Å². The molecule has 0 radical (unpaired) electrons. The summed E-state index contributed by atoms with van der Waals surface area (Å²) in [7, 11) is -2.49. The first-order valence-corrected chi connectivity index (χ1v) is 14.9. The van der Waals surface area contributed by atoms with Gasteiger partial charge in [-0.2, -0.15) is 4.99 Å². The number of rotatable bonds is 9. The van der Waals surface area contributed by atoms with Crippen molar-refractivity contribution in [2.45, 2.75) is 27.7 Å². The number of sulfone groups is 1. The number of anilines is 1. The standard InChI is InChI=1S/C24H27N3O8S3/c1-6-34-22(30)19-14(4)20(23(31)35-7-2)37-21(19)25-17(28)11-38(32,33)12-18(29)26-24-27(5)15-9-8-13(3)10-16(15)36-24/h8-10H,6-7,11-12H2,1-5H3,(H,25,28). The van der Waals surface area contributed by atoms with E-state index in [0.717, 1.165) is 27.1 Å². The number of fused-ring (bicyclic) bond motifs is 1. The molecule has 14 heteroatoms. The summed E-state index contributed by atoms with van der Waals surface area (Å²) < 4.78 is 37.8. The molecule has 0 saturated carbocycles. The Kier molecular flexibility index (Phi) is 9.22. The van der Waals surface area contributed by atoms with Crippen LogP contribution in [0.25, 0.3) is 10.2 Å². The third kappa shape index (κ3) is 6.74. The third-order valence-corrected chi connectivity index (χ3v) is 8.89. The Balaban J connectivity index is 1.78. The van der Waals surface area contributed by atoms with Gasteiger partial charge in [-0.1, -0.05) is 17.4 Å². The Hall–Kier alpha value is -3.36. The van der Waals surface area contributed by atoms with Crippen molar-refractivity contribution < 1.29 is 37.1 Å². The normalized spacial score (nSPS) is 12.0. The van der Waals surface area contributed by atoms with Crippen molar-refractivity contribution in [1.29, 1.82) is 0 Å². The lowest BCUT2D eigenvalue weighted by Gasteiger charge is -2.07. The second-order valence-electron chi connectivity index (χ2n) is 8.20. The van der Waals surface area contributed by atoms with E-state index in [1.54, 1.807) is 25.5 Å². The minimum Gasteiger partial charge on any atom is -0.462 e. The number of benzene rings is 1. The topological polar surface area (TPSA) is 150 Å². The first kappa shape index (κ1) is 29.2. The van der Waals surface area contributed by atoms with Crippen molar-refractivity contribution in [3.63, 3.8) is 0 Å². The lowest BCUT2D eigenvalue weighted by Crippen LogP contribution is -2.28. The van der Waals surface area contributed by atoms with Gasteiger partial charge in [-0.15, -0.1) is 11.3 Å². The van der Waals surface area contributed by atoms with Gasteiger partial charge in [-0.3, -0.25) is 9.59 Å². The summed E-state index contributed by atoms with van der Waals surface area (Å²) in [6.45, 7) is 6.80. The molecule has 3 rings (SSSR count). The molecule has 3 aromatic rings. The van der Waals surface area contributed by atoms with Crippen molar-refractivity contribution >= 4 is 71.5 Å². The van der Waals surface area contributed by atoms with E-state index in [1.807, 2.05) is 25.1 Å². The summed E-state index contributed by atoms with van der Waals surface area (Å²) in [5.74, 6) is -5.38. The summed E-state index contributed by atoms with van der Waals surface area (Å²) >= 11 is 2.02. The molecule has 0 aliphatic carbocycles. The molecule has 204 valence electrons. The molecule has 0 spiro atoms. The number of nitrogens with one attached hydrogen (secondary N) is 1. The summed E-state index contributed by atoms with van der Waals surface area (Å²) in [6, 6.07) is 5.74. The Bertz CT molecular complexity index is 1600. The molecule has 0 bridgehead atoms. The molecule has 0 atom stereocenters. The van der Waals surface area contributed by atoms with Crippen LogP contribution in [0.1, 0.15) is 45.0 Å². The molecule has 0 unspecified atom stereocenters. The molecular formula is C24H27N3O8S3. The highest BCUT2D eigenvalue weighted by Crippen LogP contribution is 2.34. The number of aromatic nitrogens is 1. The average Bonchev–Trinajstić information content (AvgIpc) is 3.28. The highest BCUT2D eigenvalue weighted by molar-refractivity contribution is 7.92. The molecule has 38 heavy (non-hydrogen) atoms. The van der Waals surface area contributed by atoms with E-state index in [0.29, 0.717) is 4.80 Å². The lowest BCUT2D eigenvalue weighted by atomic mass is 10.1. The Morgan fingerprint density at radius 2 is 1.66 bits per heavy atom. The van der Waals surface area contributed by atoms with Crippen LogP contribution in [0.3, 0.4) is 0 Å². The molecular weight excluding hydrogens is 554 g/mol. The van der Waals surface area contributed by atoms with Crippen LogP contribution in [-0.4, -0.2) is 61.5 Å². The van der Waals surface area contributed by atoms with Crippen LogP contribution in [0, 0.1) is 13.8 Å². The Morgan fingerprint density at radius 1 is 1.00 bits per heavy atom. The largest absolute Gasteiger partial charge is 0.462 e. The van der Waals surface area contributed by atoms with Gasteiger partial charge >= 0.3 is 11.9 Å². The fourth-order valence-electron chi connectivity index (χ4n) is 3.53. The van der Waals surface area contributed by atoms with Gasteiger partial charge in [-0.25, -0.2) is 18.0 Å². The first-order valence-electron chi connectivity index (χ1n) is 11.5. The van der Waals surface area contributed by atoms with E-state index in [4.69, 9.17) is 9.47 Å². The number of thiophene rings is 1. The number of ether oxygens (including phenoxy) is 2. The number of hydrogen-bond acceptors (Lipinski definition) is 10. The van der Waals surface area contributed by atoms with Gasteiger partial charge in [0.1, 0.15) is 21.4 Å². The molecule has 11 nitrogen and oxygen atoms in total. The van der Waals surface area contributed by atoms with Gasteiger partial charge in [-0.05, 0) is 51.0 Å². The second kappa shape index (κ2) is 12.0. The maximum Gasteiger partial charge on any atom is 0.348 e. The zero-order valence-corrected chi connectivity index (χ0v) is 23.9. The molecule has 0 aliphatic heterocycles. The average molecular weight is 582 g/mol. The highest BCUT2D eigenvalue weighted by Gasteiger charge is 2.29. The number of thiazole rings is 1. The summed E-state index contributed by atoms with van der Waals surface area (Å²) in [5, 5.41) is 2.32. The van der Waals surface area contributed by atoms with Crippen molar-refractivity contribution in [3.8, 4) is 0 Å². The van der Waals surface area contributed by atoms with Crippen LogP contribution in [0.5, 0.6) is 0 Å². The quantitative estimate of drug-likeness (QED) is 0.379. The van der Waals surface area contributed by atoms with Crippen molar-refractivity contribution in [1.82, 2.24) is 4.57 Å². The predicted octanol–water partition coefficient (Wildman–Crippen LogP) is 2.75. The van der Waals surface area contributed by atoms with Crippen LogP contribution in [0.4, 0.5) is 5.00 Å². The van der Waals surface area contributed by atoms with E-state index in [2.05, 4.69) is 10.3 Å². The zero-order chi connectivity index (χ0) is 28.2. The number of esters is 2. The van der Waals surface area contributed by atoms with Gasteiger partial charge in [0.2, 0.25) is 5.91 Å². The third-order valence-electron chi connectivity index (χ3n) is 5.22. The van der Waals surface area contributed by atoms with Gasteiger partial charge in [0.25, 0.3) is 5.91 Å². The fraction of sp³-hybridized carbons (Fsp3) is 0.375. The number of aryl methyl sites for hydroxylation is 2. The molecule has 0 fully saturated rings. The first-order chi connectivity index (χ1) is 17.9. The van der Waals surface area contributed by atoms with Crippen LogP contribution in [0.15, 0.2) is 23.2 Å². The van der Waals surface area contributed by atoms with Gasteiger partial charge in [0, 0.05) is 7.05 Å². The second-order valence-corrected chi connectivity index (χ2v) is 12.3. The number of amides is 2. The summed E-state index contributed by atoms with van der Waals surface area (Å²) in [4.78, 5) is 54.2. The smallest absolute Gasteiger partial charge is 0.348 e. The van der Waals surface area contributed by atoms with E-state index >= 15 is 0 Å². The van der Waals surface area contributed by atoms with Gasteiger partial charge in [0.05, 0.1) is 29.0 Å². The highest BCUT2D eigenvalue weighted by atomic mass is 32.2. The van der Waals surface area contributed by atoms with E-state index < -0.39 is 45.1 Å². The predicted molar refractivity (Wildman–Crippen MR) is 144 cm³/mol. The maximum atomic E-state index is 12.6. The van der Waals surface area contributed by atoms with Gasteiger partial charge in [0.15, 0.2) is 14.6 Å². The van der Waals surface area contributed by atoms with E-state index in [-0.39, 0.29) is 34.2 Å². The van der Waals surface area contributed by atoms with Crippen molar-refractivity contribution in [3.05, 3.63) is 44.6 Å². The fourth-order valence-corrected chi connectivity index (χ4v) is 6.78. The number of nitrogens with zero attached hydrogens (tertiary/aromatic N) is 2. The minimum atomic E-state index is -4.20. The van der Waals surface area contributed by atoms with Gasteiger partial charge < -0.3 is 19.4 Å². The summed E-state index contributed by atoms with van der Waals surface area (Å²) in [5.41, 5.74) is 2.06. The lowest BCUT2D eigenvalue weighted by molar-refractivity contribution is -0.115. The zero-order valence-electron chi connectivity index (χ0n) is 21.4. The molecule has 1 N–H and O–H groups in total. The van der Waals surface area contributed by atoms with Crippen LogP contribution in [0.2, 0.25) is 0 Å². The molecule has 0 aliphatic rings. The van der Waals surface area contributed by atoms with Crippen LogP contribution >= 0.6 is 22.7 Å². The Labute approximate surface area is 227 Å². The van der Waals surface area contributed by atoms with Crippen molar-refractivity contribution in [2.24, 2.45) is 12.0 Å². The molecule has 2 heterocycles. The molecule has 0 saturated heterocycles. The maximum absolute atomic E-state index is 12.6. The van der Waals surface area contributed by atoms with E-state index in [1.165, 1.54) is 18.3 Å².